The standard InChI is InChI=1S/C26H21N5O8S2.Na/c32-24-14-13-19(40(35,36)31-18-9-6-10-20(15-18)41(37,38)39)16-23(24)28-30-25(17-7-2-1-3-8-17)29-27-22-12-5-4-11-21(22)26(33)34;/h1-16,28,31-32H,(H,33,34)(H,37,38,39);/q;+1/p-1. The molecule has 0 heterocycles. The number of nitrogens with one attached hydrogen (secondary N) is 2. The van der Waals surface area contributed by atoms with Gasteiger partial charge in [0.25, 0.3) is 20.1 Å². The number of sulfonamides is 1. The molecule has 0 atom stereocenters. The number of carbonyl (C=O) groups is 1. The molecule has 0 aromatic heterocycles. The van der Waals surface area contributed by atoms with E-state index in [-0.39, 0.29) is 62.9 Å². The van der Waals surface area contributed by atoms with Gasteiger partial charge in [0.05, 0.1) is 21.0 Å². The van der Waals surface area contributed by atoms with Gasteiger partial charge in [0.1, 0.15) is 5.69 Å². The van der Waals surface area contributed by atoms with Crippen LogP contribution in [0.25, 0.3) is 0 Å². The molecule has 0 saturated carbocycles. The minimum Gasteiger partial charge on any atom is -0.871 e. The minimum atomic E-state index is -4.57. The number of hydrazone groups is 1. The number of benzene rings is 4. The monoisotopic (exact) mass is 617 g/mol. The van der Waals surface area contributed by atoms with E-state index in [4.69, 9.17) is 0 Å². The third kappa shape index (κ3) is 8.22. The first-order valence-corrected chi connectivity index (χ1v) is 14.4. The maximum atomic E-state index is 13.0. The summed E-state index contributed by atoms with van der Waals surface area (Å²) in [4.78, 5) is 10.6. The number of carboxylic acid groups (broad SMARTS) is 1. The minimum absolute atomic E-state index is 0. The Labute approximate surface area is 262 Å². The summed E-state index contributed by atoms with van der Waals surface area (Å²) in [5.74, 6) is -1.86. The van der Waals surface area contributed by atoms with E-state index in [1.807, 2.05) is 0 Å². The average Bonchev–Trinajstić information content (AvgIpc) is 2.94. The number of carboxylic acids is 1. The second-order valence-corrected chi connectivity index (χ2v) is 11.3. The zero-order valence-electron chi connectivity index (χ0n) is 21.7. The van der Waals surface area contributed by atoms with E-state index in [0.717, 1.165) is 30.3 Å². The Morgan fingerprint density at radius 3 is 2.19 bits per heavy atom. The van der Waals surface area contributed by atoms with E-state index in [1.54, 1.807) is 36.4 Å². The van der Waals surface area contributed by atoms with Crippen molar-refractivity contribution in [2.75, 3.05) is 10.1 Å². The van der Waals surface area contributed by atoms with Crippen LogP contribution in [-0.2, 0) is 20.1 Å². The molecule has 0 radical (unpaired) electrons. The Morgan fingerprint density at radius 1 is 0.810 bits per heavy atom. The number of aromatic carboxylic acids is 1. The molecule has 0 bridgehead atoms. The van der Waals surface area contributed by atoms with Gasteiger partial charge in [0.2, 0.25) is 5.84 Å². The fraction of sp³-hybridized carbons (Fsp3) is 0. The normalized spacial score (nSPS) is 12.0. The summed E-state index contributed by atoms with van der Waals surface area (Å²) in [5.41, 5.74) is 2.52. The van der Waals surface area contributed by atoms with Gasteiger partial charge in [0.15, 0.2) is 0 Å². The number of anilines is 2. The zero-order chi connectivity index (χ0) is 29.6. The molecule has 16 heteroatoms. The smallest absolute Gasteiger partial charge is 0.871 e. The fourth-order valence-electron chi connectivity index (χ4n) is 3.39. The van der Waals surface area contributed by atoms with E-state index in [9.17, 15) is 36.4 Å². The van der Waals surface area contributed by atoms with Crippen molar-refractivity contribution < 1.29 is 66.0 Å². The number of nitrogens with zero attached hydrogens (tertiary/aromatic N) is 3. The Hall–Kier alpha value is -4.12. The molecule has 0 aliphatic carbocycles. The second kappa shape index (κ2) is 13.7. The van der Waals surface area contributed by atoms with Crippen LogP contribution >= 0.6 is 0 Å². The van der Waals surface area contributed by atoms with Crippen LogP contribution in [-0.4, -0.2) is 38.3 Å². The Bertz CT molecular complexity index is 1880. The fourth-order valence-corrected chi connectivity index (χ4v) is 4.99. The predicted molar refractivity (Wildman–Crippen MR) is 147 cm³/mol. The molecule has 13 nitrogen and oxygen atoms in total. The van der Waals surface area contributed by atoms with E-state index in [1.165, 1.54) is 30.3 Å². The van der Waals surface area contributed by atoms with Crippen LogP contribution in [0, 0.1) is 0 Å². The van der Waals surface area contributed by atoms with Crippen LogP contribution in [0.5, 0.6) is 5.75 Å². The van der Waals surface area contributed by atoms with Gasteiger partial charge in [-0.1, -0.05) is 60.3 Å². The first-order valence-electron chi connectivity index (χ1n) is 11.5. The van der Waals surface area contributed by atoms with Gasteiger partial charge in [-0.15, -0.1) is 10.2 Å². The molecular weight excluding hydrogens is 597 g/mol. The van der Waals surface area contributed by atoms with Gasteiger partial charge < -0.3 is 10.2 Å². The Kier molecular flexibility index (Phi) is 10.6. The van der Waals surface area contributed by atoms with Gasteiger partial charge in [-0.2, -0.15) is 13.5 Å². The van der Waals surface area contributed by atoms with E-state index < -0.39 is 36.8 Å². The molecule has 0 saturated heterocycles. The maximum absolute atomic E-state index is 13.0. The van der Waals surface area contributed by atoms with Crippen molar-refractivity contribution in [1.29, 1.82) is 0 Å². The number of azo groups is 1. The molecule has 0 aliphatic heterocycles. The van der Waals surface area contributed by atoms with E-state index >= 15 is 0 Å². The number of amidine groups is 1. The first-order chi connectivity index (χ1) is 19.4. The summed E-state index contributed by atoms with van der Waals surface area (Å²) < 4.78 is 60.1. The summed E-state index contributed by atoms with van der Waals surface area (Å²) in [6.45, 7) is 0. The van der Waals surface area contributed by atoms with Gasteiger partial charge in [-0.25, -0.2) is 13.2 Å². The largest absolute Gasteiger partial charge is 1.00 e. The SMILES string of the molecule is O=C(O)c1ccccc1N=NC(=NNc1cc(S(=O)(=O)Nc2cccc(S(=O)(=O)O)c2)ccc1[O-])c1ccccc1.[Na+]. The van der Waals surface area contributed by atoms with Crippen molar-refractivity contribution in [3.63, 3.8) is 0 Å². The average molecular weight is 618 g/mol. The van der Waals surface area contributed by atoms with Gasteiger partial charge in [0, 0.05) is 11.3 Å². The first kappa shape index (κ1) is 32.4. The summed E-state index contributed by atoms with van der Waals surface area (Å²) in [5, 5.41) is 34.1. The van der Waals surface area contributed by atoms with Crippen molar-refractivity contribution in [1.82, 2.24) is 0 Å². The molecular formula is C26H20N5NaO8S2. The van der Waals surface area contributed by atoms with Gasteiger partial charge >= 0.3 is 35.5 Å². The molecule has 210 valence electrons. The summed E-state index contributed by atoms with van der Waals surface area (Å²) in [7, 11) is -8.89. The molecule has 0 spiro atoms. The van der Waals surface area contributed by atoms with Gasteiger partial charge in [-0.05, 0) is 42.5 Å². The van der Waals surface area contributed by atoms with Crippen LogP contribution in [0.1, 0.15) is 15.9 Å². The van der Waals surface area contributed by atoms with Crippen LogP contribution in [0.3, 0.4) is 0 Å². The molecule has 0 amide bonds. The van der Waals surface area contributed by atoms with E-state index in [0.29, 0.717) is 5.56 Å². The molecule has 0 fully saturated rings. The van der Waals surface area contributed by atoms with Crippen molar-refractivity contribution in [2.45, 2.75) is 9.79 Å². The van der Waals surface area contributed by atoms with E-state index in [2.05, 4.69) is 25.5 Å². The Morgan fingerprint density at radius 2 is 1.50 bits per heavy atom. The van der Waals surface area contributed by atoms with Gasteiger partial charge in [-0.3, -0.25) is 14.7 Å². The van der Waals surface area contributed by atoms with Crippen molar-refractivity contribution in [3.05, 3.63) is 108 Å². The van der Waals surface area contributed by atoms with Crippen LogP contribution in [0.15, 0.2) is 122 Å². The quantitative estimate of drug-likeness (QED) is 0.0528. The summed E-state index contributed by atoms with van der Waals surface area (Å²) in [6, 6.07) is 21.9. The third-order valence-corrected chi connectivity index (χ3v) is 7.58. The van der Waals surface area contributed by atoms with Crippen molar-refractivity contribution >= 4 is 49.0 Å². The summed E-state index contributed by atoms with van der Waals surface area (Å²) >= 11 is 0. The molecule has 0 aliphatic rings. The topological polar surface area (TPSA) is 210 Å². The molecule has 42 heavy (non-hydrogen) atoms. The van der Waals surface area contributed by atoms with Crippen molar-refractivity contribution in [2.24, 2.45) is 15.3 Å². The zero-order valence-corrected chi connectivity index (χ0v) is 25.4. The van der Waals surface area contributed by atoms with Crippen LogP contribution < -0.4 is 44.8 Å². The van der Waals surface area contributed by atoms with Crippen molar-refractivity contribution in [3.8, 4) is 5.75 Å². The number of rotatable bonds is 9. The molecule has 4 aromatic rings. The molecule has 4 rings (SSSR count). The Balaban J connectivity index is 0.00000484. The summed E-state index contributed by atoms with van der Waals surface area (Å²) in [6.07, 6.45) is 0. The van der Waals surface area contributed by atoms with Crippen LogP contribution in [0.4, 0.5) is 17.1 Å². The molecule has 4 aromatic carbocycles. The second-order valence-electron chi connectivity index (χ2n) is 8.20. The predicted octanol–water partition coefficient (Wildman–Crippen LogP) is 1.07. The third-order valence-electron chi connectivity index (χ3n) is 5.35. The number of hydrogen-bond donors (Lipinski definition) is 4. The molecule has 0 unspecified atom stereocenters. The maximum Gasteiger partial charge on any atom is 1.00 e. The number of hydrogen-bond acceptors (Lipinski definition) is 9. The molecule has 4 N–H and O–H groups in total. The van der Waals surface area contributed by atoms with Crippen LogP contribution in [0.2, 0.25) is 0 Å².